The van der Waals surface area contributed by atoms with Gasteiger partial charge in [-0.2, -0.15) is 10.1 Å². The molecule has 1 amide bonds. The van der Waals surface area contributed by atoms with Gasteiger partial charge in [0.05, 0.1) is 23.5 Å². The average Bonchev–Trinajstić information content (AvgIpc) is 3.15. The molecule has 2 heterocycles. The van der Waals surface area contributed by atoms with Gasteiger partial charge < -0.3 is 9.47 Å². The average molecular weight is 478 g/mol. The number of halogens is 2. The van der Waals surface area contributed by atoms with E-state index in [2.05, 4.69) is 31.3 Å². The van der Waals surface area contributed by atoms with Crippen LogP contribution in [0.25, 0.3) is 0 Å². The Morgan fingerprint density at radius 2 is 2.17 bits per heavy atom. The highest BCUT2D eigenvalue weighted by Gasteiger charge is 2.29. The topological polar surface area (TPSA) is 78.3 Å². The van der Waals surface area contributed by atoms with Crippen LogP contribution in [0.15, 0.2) is 47.2 Å². The zero-order valence-electron chi connectivity index (χ0n) is 15.6. The molecule has 1 aromatic heterocycles. The number of fused-ring (bicyclic) bond motifs is 1. The number of carbonyl (C=O) groups is 1. The van der Waals surface area contributed by atoms with E-state index in [9.17, 15) is 4.79 Å². The monoisotopic (exact) mass is 476 g/mol. The standard InChI is InChI=1S/C20H18BrClN4O3/c1-2-28-17-8-13(16-9-18(27)25-20-23-11-24-26(16)20)7-15(21)19(17)29-10-12-4-3-5-14(22)6-12/h3-8,11,16H,2,9-10H2,1H3,(H,23,24,25,27)/t16-/m0/s1. The van der Waals surface area contributed by atoms with E-state index in [0.717, 1.165) is 15.6 Å². The van der Waals surface area contributed by atoms with Gasteiger partial charge >= 0.3 is 0 Å². The lowest BCUT2D eigenvalue weighted by Crippen LogP contribution is -2.29. The molecule has 0 saturated carbocycles. The number of benzene rings is 2. The molecule has 9 heteroatoms. The van der Waals surface area contributed by atoms with Gasteiger partial charge in [-0.15, -0.1) is 0 Å². The molecule has 0 fully saturated rings. The number of hydrogen-bond acceptors (Lipinski definition) is 5. The van der Waals surface area contributed by atoms with E-state index in [4.69, 9.17) is 21.1 Å². The molecule has 2 aromatic carbocycles. The Morgan fingerprint density at radius 3 is 2.97 bits per heavy atom. The minimum atomic E-state index is -0.279. The van der Waals surface area contributed by atoms with Crippen molar-refractivity contribution in [3.63, 3.8) is 0 Å². The maximum absolute atomic E-state index is 12.1. The number of nitrogens with one attached hydrogen (secondary N) is 1. The van der Waals surface area contributed by atoms with Crippen molar-refractivity contribution in [2.75, 3.05) is 11.9 Å². The third kappa shape index (κ3) is 4.23. The molecule has 0 unspecified atom stereocenters. The summed E-state index contributed by atoms with van der Waals surface area (Å²) in [6.07, 6.45) is 1.69. The maximum atomic E-state index is 12.1. The van der Waals surface area contributed by atoms with Gasteiger partial charge in [0, 0.05) is 5.02 Å². The first kappa shape index (κ1) is 19.7. The van der Waals surface area contributed by atoms with Crippen LogP contribution in [0, 0.1) is 0 Å². The van der Waals surface area contributed by atoms with Crippen LogP contribution in [0.3, 0.4) is 0 Å². The van der Waals surface area contributed by atoms with Crippen LogP contribution in [0.2, 0.25) is 5.02 Å². The Morgan fingerprint density at radius 1 is 1.31 bits per heavy atom. The highest BCUT2D eigenvalue weighted by atomic mass is 79.9. The van der Waals surface area contributed by atoms with Gasteiger partial charge in [0.15, 0.2) is 11.5 Å². The van der Waals surface area contributed by atoms with Crippen LogP contribution >= 0.6 is 27.5 Å². The summed E-state index contributed by atoms with van der Waals surface area (Å²) in [5, 5.41) is 7.63. The largest absolute Gasteiger partial charge is 0.490 e. The van der Waals surface area contributed by atoms with Crippen molar-refractivity contribution in [3.05, 3.63) is 63.3 Å². The Balaban J connectivity index is 1.66. The molecule has 1 aliphatic heterocycles. The first-order valence-corrected chi connectivity index (χ1v) is 10.2. The van der Waals surface area contributed by atoms with Crippen LogP contribution in [-0.4, -0.2) is 27.3 Å². The van der Waals surface area contributed by atoms with Crippen molar-refractivity contribution >= 4 is 39.4 Å². The number of nitrogens with zero attached hydrogens (tertiary/aromatic N) is 3. The molecule has 4 rings (SSSR count). The molecule has 3 aromatic rings. The maximum Gasteiger partial charge on any atom is 0.229 e. The molecule has 1 N–H and O–H groups in total. The number of rotatable bonds is 6. The molecule has 0 radical (unpaired) electrons. The SMILES string of the molecule is CCOc1cc([C@@H]2CC(=O)Nc3ncnn32)cc(Br)c1OCc1cccc(Cl)c1. The van der Waals surface area contributed by atoms with Crippen LogP contribution in [0.1, 0.15) is 30.5 Å². The number of amides is 1. The Labute approximate surface area is 181 Å². The second-order valence-corrected chi connectivity index (χ2v) is 7.77. The summed E-state index contributed by atoms with van der Waals surface area (Å²) in [4.78, 5) is 16.2. The van der Waals surface area contributed by atoms with Crippen molar-refractivity contribution in [3.8, 4) is 11.5 Å². The van der Waals surface area contributed by atoms with E-state index in [1.807, 2.05) is 43.3 Å². The second-order valence-electron chi connectivity index (χ2n) is 6.48. The molecule has 0 bridgehead atoms. The zero-order valence-corrected chi connectivity index (χ0v) is 17.9. The molecule has 0 saturated heterocycles. The van der Waals surface area contributed by atoms with Crippen molar-refractivity contribution < 1.29 is 14.3 Å². The third-order valence-corrected chi connectivity index (χ3v) is 5.31. The van der Waals surface area contributed by atoms with Crippen LogP contribution in [0.5, 0.6) is 11.5 Å². The van der Waals surface area contributed by atoms with Gasteiger partial charge in [0.1, 0.15) is 12.9 Å². The Bertz CT molecular complexity index is 1060. The first-order valence-electron chi connectivity index (χ1n) is 9.08. The lowest BCUT2D eigenvalue weighted by Gasteiger charge is -2.25. The van der Waals surface area contributed by atoms with E-state index < -0.39 is 0 Å². The number of carbonyl (C=O) groups excluding carboxylic acids is 1. The number of aromatic nitrogens is 3. The van der Waals surface area contributed by atoms with Gasteiger partial charge in [-0.3, -0.25) is 10.1 Å². The predicted octanol–water partition coefficient (Wildman–Crippen LogP) is 4.60. The third-order valence-electron chi connectivity index (χ3n) is 4.49. The van der Waals surface area contributed by atoms with Crippen molar-refractivity contribution in [1.82, 2.24) is 14.8 Å². The number of ether oxygens (including phenoxy) is 2. The van der Waals surface area contributed by atoms with Crippen LogP contribution in [-0.2, 0) is 11.4 Å². The summed E-state index contributed by atoms with van der Waals surface area (Å²) in [6.45, 7) is 2.73. The summed E-state index contributed by atoms with van der Waals surface area (Å²) < 4.78 is 14.3. The quantitative estimate of drug-likeness (QED) is 0.561. The minimum absolute atomic E-state index is 0.106. The van der Waals surface area contributed by atoms with E-state index in [1.54, 1.807) is 4.68 Å². The normalized spacial score (nSPS) is 15.6. The molecule has 1 aliphatic rings. The Kier molecular flexibility index (Phi) is 5.73. The van der Waals surface area contributed by atoms with E-state index in [-0.39, 0.29) is 18.4 Å². The smallest absolute Gasteiger partial charge is 0.229 e. The van der Waals surface area contributed by atoms with Crippen molar-refractivity contribution in [2.24, 2.45) is 0 Å². The molecule has 0 aliphatic carbocycles. The fourth-order valence-electron chi connectivity index (χ4n) is 3.23. The highest BCUT2D eigenvalue weighted by Crippen LogP contribution is 2.41. The summed E-state index contributed by atoms with van der Waals surface area (Å²) in [5.74, 6) is 1.51. The van der Waals surface area contributed by atoms with Gasteiger partial charge in [-0.05, 0) is 58.2 Å². The molecule has 150 valence electrons. The second kappa shape index (κ2) is 8.42. The molecular weight excluding hydrogens is 460 g/mol. The van der Waals surface area contributed by atoms with Gasteiger partial charge in [-0.1, -0.05) is 23.7 Å². The molecular formula is C20H18BrClN4O3. The van der Waals surface area contributed by atoms with Crippen LogP contribution in [0.4, 0.5) is 5.95 Å². The number of anilines is 1. The minimum Gasteiger partial charge on any atom is -0.490 e. The van der Waals surface area contributed by atoms with Crippen molar-refractivity contribution in [2.45, 2.75) is 26.0 Å². The van der Waals surface area contributed by atoms with Crippen LogP contribution < -0.4 is 14.8 Å². The van der Waals surface area contributed by atoms with Gasteiger partial charge in [-0.25, -0.2) is 4.68 Å². The first-order chi connectivity index (χ1) is 14.0. The molecule has 7 nitrogen and oxygen atoms in total. The number of hydrogen-bond donors (Lipinski definition) is 1. The highest BCUT2D eigenvalue weighted by molar-refractivity contribution is 9.10. The predicted molar refractivity (Wildman–Crippen MR) is 113 cm³/mol. The fraction of sp³-hybridized carbons (Fsp3) is 0.250. The van der Waals surface area contributed by atoms with Crippen molar-refractivity contribution in [1.29, 1.82) is 0 Å². The molecule has 0 spiro atoms. The van der Waals surface area contributed by atoms with Gasteiger partial charge in [0.2, 0.25) is 11.9 Å². The summed E-state index contributed by atoms with van der Waals surface area (Å²) >= 11 is 9.65. The summed E-state index contributed by atoms with van der Waals surface area (Å²) in [6, 6.07) is 11.0. The fourth-order valence-corrected chi connectivity index (χ4v) is 4.02. The lowest BCUT2D eigenvalue weighted by molar-refractivity contribution is -0.117. The van der Waals surface area contributed by atoms with E-state index in [0.29, 0.717) is 35.7 Å². The molecule has 29 heavy (non-hydrogen) atoms. The zero-order chi connectivity index (χ0) is 20.4. The summed E-state index contributed by atoms with van der Waals surface area (Å²) in [5.41, 5.74) is 1.82. The van der Waals surface area contributed by atoms with Gasteiger partial charge in [0.25, 0.3) is 0 Å². The summed E-state index contributed by atoms with van der Waals surface area (Å²) in [7, 11) is 0. The van der Waals surface area contributed by atoms with E-state index in [1.165, 1.54) is 6.33 Å². The van der Waals surface area contributed by atoms with E-state index >= 15 is 0 Å². The Hall–Kier alpha value is -2.58. The lowest BCUT2D eigenvalue weighted by atomic mass is 10.0. The molecule has 1 atom stereocenters.